The summed E-state index contributed by atoms with van der Waals surface area (Å²) >= 11 is 0. The summed E-state index contributed by atoms with van der Waals surface area (Å²) in [4.78, 5) is 17.5. The van der Waals surface area contributed by atoms with Gasteiger partial charge in [0, 0.05) is 60.8 Å². The molecule has 0 aliphatic heterocycles. The van der Waals surface area contributed by atoms with Crippen molar-refractivity contribution >= 4 is 16.8 Å². The Bertz CT molecular complexity index is 1500. The molecular formula is C32H30FN3O2. The van der Waals surface area contributed by atoms with Crippen molar-refractivity contribution in [3.63, 3.8) is 0 Å². The van der Waals surface area contributed by atoms with Crippen LogP contribution >= 0.6 is 0 Å². The fourth-order valence-electron chi connectivity index (χ4n) is 4.85. The summed E-state index contributed by atoms with van der Waals surface area (Å²) in [5.74, 6) is 0.346. The number of halogens is 1. The van der Waals surface area contributed by atoms with E-state index >= 15 is 0 Å². The SMILES string of the molecule is COc1ccc(C(CC(=O)NCCc2ccccn2)c2cn(Cc3ccc(F)cc3)c3ccccc23)cc1. The van der Waals surface area contributed by atoms with Crippen LogP contribution in [0.2, 0.25) is 0 Å². The molecule has 1 atom stereocenters. The lowest BCUT2D eigenvalue weighted by Crippen LogP contribution is -2.27. The van der Waals surface area contributed by atoms with Crippen molar-refractivity contribution in [2.75, 3.05) is 13.7 Å². The Morgan fingerprint density at radius 3 is 2.47 bits per heavy atom. The number of para-hydroxylation sites is 1. The summed E-state index contributed by atoms with van der Waals surface area (Å²) < 4.78 is 21.0. The zero-order valence-electron chi connectivity index (χ0n) is 21.3. The molecular weight excluding hydrogens is 477 g/mol. The van der Waals surface area contributed by atoms with Crippen LogP contribution in [-0.4, -0.2) is 29.1 Å². The number of carbonyl (C=O) groups is 1. The molecule has 0 bridgehead atoms. The highest BCUT2D eigenvalue weighted by molar-refractivity contribution is 5.86. The van der Waals surface area contributed by atoms with Crippen LogP contribution in [0.1, 0.15) is 34.7 Å². The van der Waals surface area contributed by atoms with Crippen molar-refractivity contribution in [3.05, 3.63) is 132 Å². The number of hydrogen-bond donors (Lipinski definition) is 1. The first kappa shape index (κ1) is 25.2. The molecule has 38 heavy (non-hydrogen) atoms. The van der Waals surface area contributed by atoms with E-state index in [-0.39, 0.29) is 17.6 Å². The van der Waals surface area contributed by atoms with Crippen molar-refractivity contribution in [1.29, 1.82) is 0 Å². The normalized spacial score (nSPS) is 11.8. The lowest BCUT2D eigenvalue weighted by Gasteiger charge is -2.18. The van der Waals surface area contributed by atoms with Gasteiger partial charge in [0.05, 0.1) is 7.11 Å². The number of amides is 1. The second-order valence-electron chi connectivity index (χ2n) is 9.31. The van der Waals surface area contributed by atoms with Crippen LogP contribution in [-0.2, 0) is 17.8 Å². The van der Waals surface area contributed by atoms with Crippen molar-refractivity contribution in [2.45, 2.75) is 25.3 Å². The van der Waals surface area contributed by atoms with Gasteiger partial charge in [0.25, 0.3) is 0 Å². The molecule has 0 saturated heterocycles. The van der Waals surface area contributed by atoms with Gasteiger partial charge in [0.15, 0.2) is 0 Å². The van der Waals surface area contributed by atoms with Gasteiger partial charge in [0.1, 0.15) is 11.6 Å². The third-order valence-corrected chi connectivity index (χ3v) is 6.80. The number of pyridine rings is 1. The quantitative estimate of drug-likeness (QED) is 0.248. The van der Waals surface area contributed by atoms with Crippen LogP contribution < -0.4 is 10.1 Å². The Morgan fingerprint density at radius 1 is 0.974 bits per heavy atom. The first-order valence-electron chi connectivity index (χ1n) is 12.7. The minimum absolute atomic E-state index is 0.0166. The zero-order valence-corrected chi connectivity index (χ0v) is 21.3. The summed E-state index contributed by atoms with van der Waals surface area (Å²) in [6.45, 7) is 1.13. The number of rotatable bonds is 10. The molecule has 5 rings (SSSR count). The molecule has 1 amide bonds. The average molecular weight is 508 g/mol. The minimum atomic E-state index is -0.250. The number of benzene rings is 3. The van der Waals surface area contributed by atoms with Crippen LogP contribution in [0.3, 0.4) is 0 Å². The molecule has 0 saturated carbocycles. The number of nitrogens with zero attached hydrogens (tertiary/aromatic N) is 2. The van der Waals surface area contributed by atoms with Gasteiger partial charge in [-0.1, -0.05) is 48.5 Å². The van der Waals surface area contributed by atoms with E-state index in [1.54, 1.807) is 25.4 Å². The molecule has 6 heteroatoms. The molecule has 1 N–H and O–H groups in total. The Kier molecular flexibility index (Phi) is 7.78. The fraction of sp³-hybridized carbons (Fsp3) is 0.188. The topological polar surface area (TPSA) is 56.1 Å². The number of nitrogens with one attached hydrogen (secondary N) is 1. The van der Waals surface area contributed by atoms with E-state index in [1.807, 2.05) is 54.6 Å². The van der Waals surface area contributed by atoms with Gasteiger partial charge in [-0.05, 0) is 59.2 Å². The van der Waals surface area contributed by atoms with E-state index in [9.17, 15) is 9.18 Å². The highest BCUT2D eigenvalue weighted by Crippen LogP contribution is 2.35. The summed E-state index contributed by atoms with van der Waals surface area (Å²) in [6, 6.07) is 28.5. The monoisotopic (exact) mass is 507 g/mol. The Labute approximate surface area is 221 Å². The number of hydrogen-bond acceptors (Lipinski definition) is 3. The second-order valence-corrected chi connectivity index (χ2v) is 9.31. The Balaban J connectivity index is 1.44. The molecule has 2 aromatic heterocycles. The lowest BCUT2D eigenvalue weighted by atomic mass is 9.88. The van der Waals surface area contributed by atoms with Gasteiger partial charge < -0.3 is 14.6 Å². The summed E-state index contributed by atoms with van der Waals surface area (Å²) in [5, 5.41) is 4.17. The first-order valence-corrected chi connectivity index (χ1v) is 12.7. The number of aromatic nitrogens is 2. The fourth-order valence-corrected chi connectivity index (χ4v) is 4.85. The standard InChI is InChI=1S/C32H30FN3O2/c1-38-27-15-11-24(12-16-27)29(20-32(37)35-19-17-26-6-4-5-18-34-26)30-22-36(31-8-3-2-7-28(30)31)21-23-9-13-25(33)14-10-23/h2-16,18,22,29H,17,19-21H2,1H3,(H,35,37). The average Bonchev–Trinajstić information content (AvgIpc) is 3.31. The zero-order chi connectivity index (χ0) is 26.3. The maximum atomic E-state index is 13.5. The maximum absolute atomic E-state index is 13.5. The third-order valence-electron chi connectivity index (χ3n) is 6.80. The van der Waals surface area contributed by atoms with Crippen LogP contribution in [0.5, 0.6) is 5.75 Å². The van der Waals surface area contributed by atoms with Crippen LogP contribution in [0.15, 0.2) is 103 Å². The van der Waals surface area contributed by atoms with E-state index in [1.165, 1.54) is 12.1 Å². The van der Waals surface area contributed by atoms with E-state index in [0.717, 1.165) is 39.0 Å². The molecule has 0 fully saturated rings. The Morgan fingerprint density at radius 2 is 1.74 bits per heavy atom. The lowest BCUT2D eigenvalue weighted by molar-refractivity contribution is -0.121. The smallest absolute Gasteiger partial charge is 0.220 e. The van der Waals surface area contributed by atoms with Crippen molar-refractivity contribution in [1.82, 2.24) is 14.9 Å². The number of ether oxygens (including phenoxy) is 1. The van der Waals surface area contributed by atoms with Crippen molar-refractivity contribution in [3.8, 4) is 5.75 Å². The number of carbonyl (C=O) groups excluding carboxylic acids is 1. The maximum Gasteiger partial charge on any atom is 0.220 e. The minimum Gasteiger partial charge on any atom is -0.497 e. The van der Waals surface area contributed by atoms with E-state index in [4.69, 9.17) is 4.74 Å². The van der Waals surface area contributed by atoms with Gasteiger partial charge >= 0.3 is 0 Å². The third kappa shape index (κ3) is 5.92. The predicted octanol–water partition coefficient (Wildman–Crippen LogP) is 6.11. The van der Waals surface area contributed by atoms with Crippen LogP contribution in [0, 0.1) is 5.82 Å². The highest BCUT2D eigenvalue weighted by Gasteiger charge is 2.23. The van der Waals surface area contributed by atoms with E-state index in [0.29, 0.717) is 25.9 Å². The largest absolute Gasteiger partial charge is 0.497 e. The van der Waals surface area contributed by atoms with Crippen molar-refractivity contribution < 1.29 is 13.9 Å². The molecule has 0 aliphatic rings. The van der Waals surface area contributed by atoms with Gasteiger partial charge in [-0.25, -0.2) is 4.39 Å². The molecule has 1 unspecified atom stereocenters. The summed E-state index contributed by atoms with van der Waals surface area (Å²) in [5.41, 5.74) is 5.14. The van der Waals surface area contributed by atoms with Crippen LogP contribution in [0.25, 0.3) is 10.9 Å². The molecule has 2 heterocycles. The van der Waals surface area contributed by atoms with Gasteiger partial charge in [-0.2, -0.15) is 0 Å². The molecule has 5 nitrogen and oxygen atoms in total. The van der Waals surface area contributed by atoms with E-state index < -0.39 is 0 Å². The van der Waals surface area contributed by atoms with E-state index in [2.05, 4.69) is 33.2 Å². The van der Waals surface area contributed by atoms with Crippen molar-refractivity contribution in [2.24, 2.45) is 0 Å². The Hall–Kier alpha value is -4.45. The predicted molar refractivity (Wildman–Crippen MR) is 148 cm³/mol. The van der Waals surface area contributed by atoms with Gasteiger partial charge in [-0.15, -0.1) is 0 Å². The molecule has 192 valence electrons. The molecule has 0 aliphatic carbocycles. The number of fused-ring (bicyclic) bond motifs is 1. The summed E-state index contributed by atoms with van der Waals surface area (Å²) in [7, 11) is 1.64. The molecule has 0 radical (unpaired) electrons. The molecule has 5 aromatic rings. The number of methoxy groups -OCH3 is 1. The van der Waals surface area contributed by atoms with Gasteiger partial charge in [-0.3, -0.25) is 9.78 Å². The summed E-state index contributed by atoms with van der Waals surface area (Å²) in [6.07, 6.45) is 4.87. The van der Waals surface area contributed by atoms with Gasteiger partial charge in [0.2, 0.25) is 5.91 Å². The molecule has 0 spiro atoms. The molecule has 3 aromatic carbocycles. The second kappa shape index (κ2) is 11.7. The highest BCUT2D eigenvalue weighted by atomic mass is 19.1. The first-order chi connectivity index (χ1) is 18.6. The van der Waals surface area contributed by atoms with Crippen LogP contribution in [0.4, 0.5) is 4.39 Å².